The van der Waals surface area contributed by atoms with Crippen LogP contribution in [0.4, 0.5) is 5.69 Å². The molecule has 0 spiro atoms. The standard InChI is InChI=1S/C25H20Cl4N2O4S/c1-3-35-24(33)14-5-8-18(9-6-14)31(13-15-4-7-17(26)12-19(15)27)25(36)30-23(32)16-10-20(28)22(34-2)21(29)11-16/h4-12H,3,13H2,1-2H3,(H,30,32,36). The molecule has 0 heterocycles. The number of rotatable bonds is 7. The number of carbonyl (C=O) groups is 2. The maximum atomic E-state index is 13.0. The number of esters is 1. The van der Waals surface area contributed by atoms with Crippen molar-refractivity contribution in [1.29, 1.82) is 0 Å². The van der Waals surface area contributed by atoms with Gasteiger partial charge < -0.3 is 14.4 Å². The fraction of sp³-hybridized carbons (Fsp3) is 0.160. The minimum Gasteiger partial charge on any atom is -0.494 e. The Morgan fingerprint density at radius 1 is 0.917 bits per heavy atom. The molecule has 0 atom stereocenters. The number of benzene rings is 3. The minimum atomic E-state index is -0.526. The highest BCUT2D eigenvalue weighted by Crippen LogP contribution is 2.34. The molecule has 1 N–H and O–H groups in total. The summed E-state index contributed by atoms with van der Waals surface area (Å²) in [6.07, 6.45) is 0. The van der Waals surface area contributed by atoms with Gasteiger partial charge in [0.05, 0.1) is 35.9 Å². The van der Waals surface area contributed by atoms with Gasteiger partial charge in [0.25, 0.3) is 5.91 Å². The van der Waals surface area contributed by atoms with Gasteiger partial charge in [-0.2, -0.15) is 0 Å². The number of anilines is 1. The Labute approximate surface area is 234 Å². The summed E-state index contributed by atoms with van der Waals surface area (Å²) in [5.41, 5.74) is 1.88. The lowest BCUT2D eigenvalue weighted by Gasteiger charge is -2.26. The maximum absolute atomic E-state index is 13.0. The summed E-state index contributed by atoms with van der Waals surface area (Å²) in [6, 6.07) is 14.5. The van der Waals surface area contributed by atoms with Crippen LogP contribution in [0.2, 0.25) is 20.1 Å². The van der Waals surface area contributed by atoms with Gasteiger partial charge in [-0.25, -0.2) is 4.79 Å². The molecule has 36 heavy (non-hydrogen) atoms. The van der Waals surface area contributed by atoms with Crippen LogP contribution in [0.25, 0.3) is 0 Å². The van der Waals surface area contributed by atoms with Gasteiger partial charge in [-0.05, 0) is 73.2 Å². The molecule has 0 unspecified atom stereocenters. The third-order valence-corrected chi connectivity index (χ3v) is 6.43. The van der Waals surface area contributed by atoms with Crippen molar-refractivity contribution in [2.24, 2.45) is 0 Å². The molecule has 0 saturated heterocycles. The number of carbonyl (C=O) groups excluding carboxylic acids is 2. The first-order chi connectivity index (χ1) is 17.1. The number of hydrogen-bond acceptors (Lipinski definition) is 5. The molecule has 3 rings (SSSR count). The summed E-state index contributed by atoms with van der Waals surface area (Å²) in [5.74, 6) is -0.708. The van der Waals surface area contributed by atoms with Crippen molar-refractivity contribution in [1.82, 2.24) is 5.32 Å². The monoisotopic (exact) mass is 584 g/mol. The van der Waals surface area contributed by atoms with Crippen LogP contribution < -0.4 is 15.0 Å². The topological polar surface area (TPSA) is 67.9 Å². The first-order valence-electron chi connectivity index (χ1n) is 10.5. The molecule has 3 aromatic rings. The van der Waals surface area contributed by atoms with Gasteiger partial charge in [0, 0.05) is 21.3 Å². The second-order valence-corrected chi connectivity index (χ2v) is 9.37. The zero-order chi connectivity index (χ0) is 26.4. The number of thiocarbonyl (C=S) groups is 1. The quantitative estimate of drug-likeness (QED) is 0.233. The molecule has 0 aliphatic carbocycles. The third kappa shape index (κ3) is 6.81. The van der Waals surface area contributed by atoms with Crippen molar-refractivity contribution < 1.29 is 19.1 Å². The molecule has 1 amide bonds. The number of nitrogens with one attached hydrogen (secondary N) is 1. The van der Waals surface area contributed by atoms with Crippen LogP contribution in [0.5, 0.6) is 5.75 Å². The van der Waals surface area contributed by atoms with E-state index in [4.69, 9.17) is 68.1 Å². The van der Waals surface area contributed by atoms with Crippen LogP contribution >= 0.6 is 58.6 Å². The lowest BCUT2D eigenvalue weighted by molar-refractivity contribution is 0.0526. The van der Waals surface area contributed by atoms with Crippen LogP contribution in [0.15, 0.2) is 54.6 Å². The predicted octanol–water partition coefficient (Wildman–Crippen LogP) is 7.21. The molecule has 188 valence electrons. The van der Waals surface area contributed by atoms with E-state index in [2.05, 4.69) is 5.32 Å². The molecule has 3 aromatic carbocycles. The number of hydrogen-bond donors (Lipinski definition) is 1. The van der Waals surface area contributed by atoms with Crippen LogP contribution in [0.3, 0.4) is 0 Å². The zero-order valence-corrected chi connectivity index (χ0v) is 23.0. The summed E-state index contributed by atoms with van der Waals surface area (Å²) in [7, 11) is 1.43. The van der Waals surface area contributed by atoms with E-state index in [0.717, 1.165) is 0 Å². The van der Waals surface area contributed by atoms with E-state index in [1.54, 1.807) is 54.3 Å². The van der Waals surface area contributed by atoms with E-state index in [9.17, 15) is 9.59 Å². The number of halogens is 4. The Kier molecular flexibility index (Phi) is 9.82. The van der Waals surface area contributed by atoms with Crippen LogP contribution in [0, 0.1) is 0 Å². The highest BCUT2D eigenvalue weighted by Gasteiger charge is 2.20. The van der Waals surface area contributed by atoms with E-state index < -0.39 is 11.9 Å². The fourth-order valence-electron chi connectivity index (χ4n) is 3.22. The van der Waals surface area contributed by atoms with Crippen molar-refractivity contribution in [3.8, 4) is 5.75 Å². The first kappa shape index (κ1) is 28.0. The summed E-state index contributed by atoms with van der Waals surface area (Å²) in [4.78, 5) is 26.7. The Balaban J connectivity index is 1.91. The second-order valence-electron chi connectivity index (χ2n) is 7.32. The average Bonchev–Trinajstić information content (AvgIpc) is 2.83. The molecular weight excluding hydrogens is 566 g/mol. The molecule has 0 aliphatic rings. The summed E-state index contributed by atoms with van der Waals surface area (Å²) in [6.45, 7) is 2.20. The van der Waals surface area contributed by atoms with E-state index in [1.165, 1.54) is 19.2 Å². The van der Waals surface area contributed by atoms with E-state index in [1.807, 2.05) is 0 Å². The van der Waals surface area contributed by atoms with Gasteiger partial charge in [0.2, 0.25) is 0 Å². The Hall–Kier alpha value is -2.55. The Morgan fingerprint density at radius 3 is 2.11 bits per heavy atom. The van der Waals surface area contributed by atoms with Gasteiger partial charge in [-0.1, -0.05) is 52.5 Å². The van der Waals surface area contributed by atoms with Crippen molar-refractivity contribution in [3.05, 3.63) is 91.4 Å². The van der Waals surface area contributed by atoms with Gasteiger partial charge in [0.1, 0.15) is 0 Å². The van der Waals surface area contributed by atoms with E-state index >= 15 is 0 Å². The number of nitrogens with zero attached hydrogens (tertiary/aromatic N) is 1. The zero-order valence-electron chi connectivity index (χ0n) is 19.1. The lowest BCUT2D eigenvalue weighted by atomic mass is 10.1. The fourth-order valence-corrected chi connectivity index (χ4v) is 4.59. The number of ether oxygens (including phenoxy) is 2. The van der Waals surface area contributed by atoms with E-state index in [0.29, 0.717) is 26.9 Å². The lowest BCUT2D eigenvalue weighted by Crippen LogP contribution is -2.42. The molecule has 0 fully saturated rings. The normalized spacial score (nSPS) is 10.5. The average molecular weight is 586 g/mol. The molecular formula is C25H20Cl4N2O4S. The smallest absolute Gasteiger partial charge is 0.338 e. The van der Waals surface area contributed by atoms with Crippen molar-refractivity contribution in [2.45, 2.75) is 13.5 Å². The van der Waals surface area contributed by atoms with Crippen LogP contribution in [-0.2, 0) is 11.3 Å². The summed E-state index contributed by atoms with van der Waals surface area (Å²) < 4.78 is 10.2. The SMILES string of the molecule is CCOC(=O)c1ccc(N(Cc2ccc(Cl)cc2Cl)C(=S)NC(=O)c2cc(Cl)c(OC)c(Cl)c2)cc1. The van der Waals surface area contributed by atoms with Gasteiger partial charge >= 0.3 is 5.97 Å². The van der Waals surface area contributed by atoms with Crippen molar-refractivity contribution in [2.75, 3.05) is 18.6 Å². The molecule has 0 aliphatic heterocycles. The van der Waals surface area contributed by atoms with Gasteiger partial charge in [-0.3, -0.25) is 10.1 Å². The second kappa shape index (κ2) is 12.6. The first-order valence-corrected chi connectivity index (χ1v) is 12.4. The van der Waals surface area contributed by atoms with Gasteiger partial charge in [-0.15, -0.1) is 0 Å². The summed E-state index contributed by atoms with van der Waals surface area (Å²) >= 11 is 30.4. The van der Waals surface area contributed by atoms with Crippen molar-refractivity contribution >= 4 is 81.3 Å². The molecule has 11 heteroatoms. The van der Waals surface area contributed by atoms with Crippen LogP contribution in [-0.4, -0.2) is 30.7 Å². The predicted molar refractivity (Wildman–Crippen MR) is 148 cm³/mol. The summed E-state index contributed by atoms with van der Waals surface area (Å²) in [5, 5.41) is 4.05. The van der Waals surface area contributed by atoms with Crippen molar-refractivity contribution in [3.63, 3.8) is 0 Å². The number of methoxy groups -OCH3 is 1. The molecule has 0 aromatic heterocycles. The molecule has 0 bridgehead atoms. The van der Waals surface area contributed by atoms with E-state index in [-0.39, 0.29) is 39.6 Å². The largest absolute Gasteiger partial charge is 0.494 e. The maximum Gasteiger partial charge on any atom is 0.338 e. The molecule has 0 radical (unpaired) electrons. The van der Waals surface area contributed by atoms with Crippen LogP contribution in [0.1, 0.15) is 33.2 Å². The molecule has 0 saturated carbocycles. The number of amides is 1. The highest BCUT2D eigenvalue weighted by atomic mass is 35.5. The molecule has 6 nitrogen and oxygen atoms in total. The van der Waals surface area contributed by atoms with Gasteiger partial charge in [0.15, 0.2) is 10.9 Å². The Morgan fingerprint density at radius 2 is 1.56 bits per heavy atom. The Bertz CT molecular complexity index is 1280. The highest BCUT2D eigenvalue weighted by molar-refractivity contribution is 7.80. The minimum absolute atomic E-state index is 0.0814. The third-order valence-electron chi connectivity index (χ3n) is 4.96.